The molecule has 1 aliphatic rings. The fourth-order valence-electron chi connectivity index (χ4n) is 4.48. The summed E-state index contributed by atoms with van der Waals surface area (Å²) in [4.78, 5) is 14.7. The van der Waals surface area contributed by atoms with Crippen molar-refractivity contribution in [1.29, 1.82) is 0 Å². The molecule has 0 spiro atoms. The molecule has 7 heteroatoms. The molecule has 1 unspecified atom stereocenters. The van der Waals surface area contributed by atoms with Crippen LogP contribution in [0.4, 0.5) is 5.69 Å². The van der Waals surface area contributed by atoms with Crippen LogP contribution in [0.3, 0.4) is 0 Å². The molecule has 192 valence electrons. The summed E-state index contributed by atoms with van der Waals surface area (Å²) in [5.74, 6) is 0.581. The Bertz CT molecular complexity index is 1070. The first-order valence-electron chi connectivity index (χ1n) is 12.5. The van der Waals surface area contributed by atoms with Gasteiger partial charge in [0.15, 0.2) is 9.84 Å². The predicted octanol–water partition coefficient (Wildman–Crippen LogP) is 5.57. The van der Waals surface area contributed by atoms with Gasteiger partial charge in [-0.3, -0.25) is 4.79 Å². The summed E-state index contributed by atoms with van der Waals surface area (Å²) in [6.07, 6.45) is 3.48. The van der Waals surface area contributed by atoms with Crippen LogP contribution in [-0.2, 0) is 26.7 Å². The van der Waals surface area contributed by atoms with Gasteiger partial charge in [0.05, 0.1) is 16.6 Å². The summed E-state index contributed by atoms with van der Waals surface area (Å²) >= 11 is 5.98. The van der Waals surface area contributed by atoms with E-state index in [1.54, 1.807) is 13.8 Å². The summed E-state index contributed by atoms with van der Waals surface area (Å²) in [7, 11) is -3.02. The highest BCUT2D eigenvalue weighted by molar-refractivity contribution is 7.91. The summed E-state index contributed by atoms with van der Waals surface area (Å²) in [5.41, 5.74) is 2.16. The van der Waals surface area contributed by atoms with Gasteiger partial charge >= 0.3 is 0 Å². The number of piperidine rings is 1. The molecule has 1 aliphatic heterocycles. The smallest absolute Gasteiger partial charge is 0.152 e. The molecule has 2 aromatic carbocycles. The lowest BCUT2D eigenvalue weighted by molar-refractivity contribution is -0.118. The third-order valence-corrected chi connectivity index (χ3v) is 9.70. The van der Waals surface area contributed by atoms with Crippen LogP contribution >= 0.6 is 11.6 Å². The van der Waals surface area contributed by atoms with Crippen molar-refractivity contribution in [1.82, 2.24) is 0 Å². The van der Waals surface area contributed by atoms with Gasteiger partial charge in [-0.2, -0.15) is 0 Å². The van der Waals surface area contributed by atoms with Crippen molar-refractivity contribution in [2.75, 3.05) is 23.7 Å². The second-order valence-corrected chi connectivity index (χ2v) is 13.4. The van der Waals surface area contributed by atoms with Gasteiger partial charge in [0.25, 0.3) is 0 Å². The zero-order valence-electron chi connectivity index (χ0n) is 21.0. The topological polar surface area (TPSA) is 74.7 Å². The van der Waals surface area contributed by atoms with E-state index in [9.17, 15) is 18.3 Å². The zero-order chi connectivity index (χ0) is 25.6. The third-order valence-electron chi connectivity index (χ3n) is 7.20. The molecule has 1 heterocycles. The molecule has 5 nitrogen and oxygen atoms in total. The summed E-state index contributed by atoms with van der Waals surface area (Å²) in [6.45, 7) is 6.94. The van der Waals surface area contributed by atoms with E-state index in [4.69, 9.17) is 11.6 Å². The molecule has 1 atom stereocenters. The molecular formula is C28H38ClNO4S. The van der Waals surface area contributed by atoms with Crippen LogP contribution in [0.1, 0.15) is 64.0 Å². The van der Waals surface area contributed by atoms with Crippen molar-refractivity contribution in [3.63, 3.8) is 0 Å². The van der Waals surface area contributed by atoms with Crippen LogP contribution in [0, 0.1) is 5.92 Å². The van der Waals surface area contributed by atoms with E-state index >= 15 is 0 Å². The Balaban J connectivity index is 1.44. The Labute approximate surface area is 215 Å². The van der Waals surface area contributed by atoms with E-state index in [0.29, 0.717) is 37.1 Å². The highest BCUT2D eigenvalue weighted by atomic mass is 35.5. The van der Waals surface area contributed by atoms with Crippen molar-refractivity contribution < 1.29 is 18.3 Å². The normalized spacial score (nSPS) is 16.9. The minimum Gasteiger partial charge on any atom is -0.385 e. The maximum Gasteiger partial charge on any atom is 0.152 e. The number of carbonyl (C=O) groups excluding carboxylic acids is 1. The number of sulfone groups is 1. The first-order chi connectivity index (χ1) is 16.5. The first-order valence-corrected chi connectivity index (χ1v) is 14.6. The molecule has 0 aromatic heterocycles. The van der Waals surface area contributed by atoms with E-state index < -0.39 is 15.4 Å². The number of carbonyl (C=O) groups is 1. The molecular weight excluding hydrogens is 482 g/mol. The van der Waals surface area contributed by atoms with Gasteiger partial charge in [-0.1, -0.05) is 42.8 Å². The van der Waals surface area contributed by atoms with E-state index in [-0.39, 0.29) is 22.7 Å². The molecule has 2 aromatic rings. The first kappa shape index (κ1) is 27.7. The Morgan fingerprint density at radius 2 is 1.60 bits per heavy atom. The molecule has 0 amide bonds. The van der Waals surface area contributed by atoms with E-state index in [1.807, 2.05) is 43.3 Å². The van der Waals surface area contributed by atoms with Gasteiger partial charge in [0.2, 0.25) is 0 Å². The number of hydrogen-bond acceptors (Lipinski definition) is 5. The molecule has 0 aliphatic carbocycles. The number of anilines is 1. The lowest BCUT2D eigenvalue weighted by Crippen LogP contribution is -2.42. The number of Topliss-reactive ketones (excluding diaryl/α,β-unsaturated/α-hetero) is 1. The maximum atomic E-state index is 12.5. The lowest BCUT2D eigenvalue weighted by Gasteiger charge is -2.39. The van der Waals surface area contributed by atoms with Gasteiger partial charge in [-0.25, -0.2) is 8.42 Å². The van der Waals surface area contributed by atoms with Crippen LogP contribution in [0.2, 0.25) is 5.02 Å². The Hall–Kier alpha value is -1.89. The standard InChI is InChI=1S/C28H38ClNO4S/c1-21(2)35(33,34)19-14-22(3)4-13-27(31)20-23-5-11-26(12-6-23)30-17-15-28(32,16-18-30)24-7-9-25(29)10-8-24/h5-12,21-22,32H,4,13-20H2,1-3H3. The largest absolute Gasteiger partial charge is 0.385 e. The van der Waals surface area contributed by atoms with Gasteiger partial charge in [-0.05, 0) is 80.8 Å². The Kier molecular flexibility index (Phi) is 9.41. The third kappa shape index (κ3) is 7.80. The fourth-order valence-corrected chi connectivity index (χ4v) is 5.81. The van der Waals surface area contributed by atoms with E-state index in [2.05, 4.69) is 17.0 Å². The molecule has 1 saturated heterocycles. The maximum absolute atomic E-state index is 12.5. The number of hydrogen-bond donors (Lipinski definition) is 1. The zero-order valence-corrected chi connectivity index (χ0v) is 22.6. The van der Waals surface area contributed by atoms with Crippen molar-refractivity contribution in [3.8, 4) is 0 Å². The fraction of sp³-hybridized carbons (Fsp3) is 0.536. The predicted molar refractivity (Wildman–Crippen MR) is 144 cm³/mol. The molecule has 0 bridgehead atoms. The minimum absolute atomic E-state index is 0.183. The van der Waals surface area contributed by atoms with Gasteiger partial charge in [-0.15, -0.1) is 0 Å². The number of ketones is 1. The molecule has 1 fully saturated rings. The van der Waals surface area contributed by atoms with Crippen LogP contribution in [0.25, 0.3) is 0 Å². The Morgan fingerprint density at radius 1 is 1.00 bits per heavy atom. The van der Waals surface area contributed by atoms with Gasteiger partial charge < -0.3 is 10.0 Å². The number of benzene rings is 2. The highest BCUT2D eigenvalue weighted by Crippen LogP contribution is 2.35. The van der Waals surface area contributed by atoms with Crippen molar-refractivity contribution in [2.24, 2.45) is 5.92 Å². The van der Waals surface area contributed by atoms with Crippen LogP contribution in [-0.4, -0.2) is 43.4 Å². The summed E-state index contributed by atoms with van der Waals surface area (Å²) < 4.78 is 24.0. The van der Waals surface area contributed by atoms with Crippen LogP contribution < -0.4 is 4.90 Å². The second kappa shape index (κ2) is 11.9. The molecule has 0 saturated carbocycles. The number of rotatable bonds is 11. The molecule has 3 rings (SSSR count). The SMILES string of the molecule is CC(CCC(=O)Cc1ccc(N2CCC(O)(c3ccc(Cl)cc3)CC2)cc1)CCS(=O)(=O)C(C)C. The average molecular weight is 520 g/mol. The van der Waals surface area contributed by atoms with E-state index in [0.717, 1.165) is 36.3 Å². The summed E-state index contributed by atoms with van der Waals surface area (Å²) in [6, 6.07) is 15.6. The quantitative estimate of drug-likeness (QED) is 0.420. The average Bonchev–Trinajstić information content (AvgIpc) is 2.83. The molecule has 0 radical (unpaired) electrons. The minimum atomic E-state index is -3.02. The van der Waals surface area contributed by atoms with Gasteiger partial charge in [0, 0.05) is 36.6 Å². The second-order valence-electron chi connectivity index (χ2n) is 10.3. The highest BCUT2D eigenvalue weighted by Gasteiger charge is 2.34. The van der Waals surface area contributed by atoms with Crippen molar-refractivity contribution in [2.45, 2.75) is 70.1 Å². The number of nitrogens with zero attached hydrogens (tertiary/aromatic N) is 1. The monoisotopic (exact) mass is 519 g/mol. The number of halogens is 1. The van der Waals surface area contributed by atoms with Crippen molar-refractivity contribution in [3.05, 3.63) is 64.7 Å². The van der Waals surface area contributed by atoms with Crippen LogP contribution in [0.5, 0.6) is 0 Å². The van der Waals surface area contributed by atoms with Gasteiger partial charge in [0.1, 0.15) is 5.78 Å². The lowest BCUT2D eigenvalue weighted by atomic mass is 9.84. The number of aliphatic hydroxyl groups is 1. The van der Waals surface area contributed by atoms with E-state index in [1.165, 1.54) is 0 Å². The van der Waals surface area contributed by atoms with Crippen molar-refractivity contribution >= 4 is 32.9 Å². The summed E-state index contributed by atoms with van der Waals surface area (Å²) in [5, 5.41) is 11.4. The Morgan fingerprint density at radius 3 is 2.17 bits per heavy atom. The van der Waals surface area contributed by atoms with Crippen LogP contribution in [0.15, 0.2) is 48.5 Å². The molecule has 1 N–H and O–H groups in total. The molecule has 35 heavy (non-hydrogen) atoms.